The second kappa shape index (κ2) is 6.33. The van der Waals surface area contributed by atoms with E-state index < -0.39 is 0 Å². The van der Waals surface area contributed by atoms with Crippen LogP contribution in [0.15, 0.2) is 30.5 Å². The predicted molar refractivity (Wildman–Crippen MR) is 94.6 cm³/mol. The van der Waals surface area contributed by atoms with E-state index in [9.17, 15) is 4.79 Å². The highest BCUT2D eigenvalue weighted by molar-refractivity contribution is 6.05. The number of nitrogens with zero attached hydrogens (tertiary/aromatic N) is 3. The van der Waals surface area contributed by atoms with Crippen molar-refractivity contribution in [1.29, 1.82) is 0 Å². The maximum Gasteiger partial charge on any atom is 0.258 e. The van der Waals surface area contributed by atoms with Gasteiger partial charge in [-0.15, -0.1) is 5.10 Å². The molecule has 7 nitrogen and oxygen atoms in total. The van der Waals surface area contributed by atoms with Gasteiger partial charge >= 0.3 is 0 Å². The van der Waals surface area contributed by atoms with Crippen LogP contribution in [-0.4, -0.2) is 32.3 Å². The normalized spacial score (nSPS) is 17.5. The number of aromatic nitrogens is 4. The molecule has 3 aromatic rings. The SMILES string of the molecule is CC(C)n1ccc2cc(C(=O)Nc3n[nH]c([C@@H]4CCCO4)n3)ccc21. The fourth-order valence-corrected chi connectivity index (χ4v) is 3.20. The lowest BCUT2D eigenvalue weighted by Crippen LogP contribution is -2.13. The largest absolute Gasteiger partial charge is 0.370 e. The van der Waals surface area contributed by atoms with Crippen molar-refractivity contribution in [3.05, 3.63) is 41.9 Å². The average molecular weight is 339 g/mol. The summed E-state index contributed by atoms with van der Waals surface area (Å²) >= 11 is 0. The van der Waals surface area contributed by atoms with Crippen molar-refractivity contribution < 1.29 is 9.53 Å². The molecule has 0 radical (unpaired) electrons. The Bertz CT molecular complexity index is 905. The fourth-order valence-electron chi connectivity index (χ4n) is 3.20. The first-order valence-electron chi connectivity index (χ1n) is 8.57. The summed E-state index contributed by atoms with van der Waals surface area (Å²) in [7, 11) is 0. The average Bonchev–Trinajstić information content (AvgIpc) is 3.33. The molecule has 1 atom stereocenters. The molecule has 1 aliphatic rings. The molecule has 2 aromatic heterocycles. The monoisotopic (exact) mass is 339 g/mol. The van der Waals surface area contributed by atoms with Gasteiger partial charge in [-0.05, 0) is 51.0 Å². The predicted octanol–water partition coefficient (Wildman–Crippen LogP) is 3.44. The second-order valence-corrected chi connectivity index (χ2v) is 6.59. The maximum atomic E-state index is 12.5. The lowest BCUT2D eigenvalue weighted by atomic mass is 10.1. The highest BCUT2D eigenvalue weighted by Crippen LogP contribution is 2.26. The van der Waals surface area contributed by atoms with Gasteiger partial charge in [0.05, 0.1) is 0 Å². The number of rotatable bonds is 4. The molecule has 1 fully saturated rings. The van der Waals surface area contributed by atoms with Gasteiger partial charge in [0, 0.05) is 35.3 Å². The van der Waals surface area contributed by atoms with Gasteiger partial charge in [-0.2, -0.15) is 4.98 Å². The molecular formula is C18H21N5O2. The Morgan fingerprint density at radius 1 is 1.40 bits per heavy atom. The van der Waals surface area contributed by atoms with E-state index >= 15 is 0 Å². The molecule has 0 spiro atoms. The van der Waals surface area contributed by atoms with E-state index in [0.717, 1.165) is 30.4 Å². The van der Waals surface area contributed by atoms with Gasteiger partial charge in [-0.3, -0.25) is 15.2 Å². The molecule has 0 saturated carbocycles. The van der Waals surface area contributed by atoms with Crippen molar-refractivity contribution in [3.8, 4) is 0 Å². The van der Waals surface area contributed by atoms with E-state index in [0.29, 0.717) is 17.4 Å². The standard InChI is InChI=1S/C18H21N5O2/c1-11(2)23-8-7-12-10-13(5-6-14(12)23)17(24)20-18-19-16(21-22-18)15-4-3-9-25-15/h5-8,10-11,15H,3-4,9H2,1-2H3,(H2,19,20,21,22,24)/t15-/m0/s1. The third kappa shape index (κ3) is 3.02. The number of aromatic amines is 1. The minimum absolute atomic E-state index is 0.0506. The number of hydrogen-bond donors (Lipinski definition) is 2. The number of fused-ring (bicyclic) bond motifs is 1. The van der Waals surface area contributed by atoms with Gasteiger partial charge in [-0.1, -0.05) is 0 Å². The van der Waals surface area contributed by atoms with E-state index in [2.05, 4.69) is 38.9 Å². The lowest BCUT2D eigenvalue weighted by molar-refractivity contribution is 0.102. The van der Waals surface area contributed by atoms with Crippen molar-refractivity contribution >= 4 is 22.8 Å². The molecule has 25 heavy (non-hydrogen) atoms. The molecule has 0 bridgehead atoms. The smallest absolute Gasteiger partial charge is 0.258 e. The number of anilines is 1. The Kier molecular flexibility index (Phi) is 4.01. The van der Waals surface area contributed by atoms with Crippen LogP contribution in [0.25, 0.3) is 10.9 Å². The molecule has 3 heterocycles. The van der Waals surface area contributed by atoms with Crippen LogP contribution < -0.4 is 5.32 Å². The fraction of sp³-hybridized carbons (Fsp3) is 0.389. The van der Waals surface area contributed by atoms with Crippen LogP contribution in [0.1, 0.15) is 55.0 Å². The summed E-state index contributed by atoms with van der Waals surface area (Å²) in [4.78, 5) is 16.8. The molecule has 2 N–H and O–H groups in total. The number of amides is 1. The Hall–Kier alpha value is -2.67. The van der Waals surface area contributed by atoms with Crippen molar-refractivity contribution in [2.75, 3.05) is 11.9 Å². The molecule has 1 aromatic carbocycles. The lowest BCUT2D eigenvalue weighted by Gasteiger charge is -2.09. The van der Waals surface area contributed by atoms with E-state index in [1.165, 1.54) is 0 Å². The molecule has 1 amide bonds. The van der Waals surface area contributed by atoms with Crippen LogP contribution >= 0.6 is 0 Å². The summed E-state index contributed by atoms with van der Waals surface area (Å²) in [6.07, 6.45) is 3.93. The van der Waals surface area contributed by atoms with Crippen LogP contribution in [-0.2, 0) is 4.74 Å². The van der Waals surface area contributed by atoms with Crippen LogP contribution in [0.4, 0.5) is 5.95 Å². The molecule has 130 valence electrons. The van der Waals surface area contributed by atoms with Gasteiger partial charge < -0.3 is 9.30 Å². The summed E-state index contributed by atoms with van der Waals surface area (Å²) < 4.78 is 7.74. The maximum absolute atomic E-state index is 12.5. The minimum Gasteiger partial charge on any atom is -0.370 e. The highest BCUT2D eigenvalue weighted by Gasteiger charge is 2.22. The van der Waals surface area contributed by atoms with Gasteiger partial charge in [0.25, 0.3) is 5.91 Å². The quantitative estimate of drug-likeness (QED) is 0.762. The Balaban J connectivity index is 1.52. The second-order valence-electron chi connectivity index (χ2n) is 6.59. The van der Waals surface area contributed by atoms with E-state index in [1.807, 2.05) is 30.5 Å². The van der Waals surface area contributed by atoms with E-state index in [1.54, 1.807) is 0 Å². The van der Waals surface area contributed by atoms with Crippen LogP contribution in [0.2, 0.25) is 0 Å². The zero-order chi connectivity index (χ0) is 17.4. The molecule has 4 rings (SSSR count). The molecule has 0 unspecified atom stereocenters. The zero-order valence-electron chi connectivity index (χ0n) is 14.3. The third-order valence-corrected chi connectivity index (χ3v) is 4.50. The number of carbonyl (C=O) groups excluding carboxylic acids is 1. The van der Waals surface area contributed by atoms with E-state index in [-0.39, 0.29) is 18.0 Å². The summed E-state index contributed by atoms with van der Waals surface area (Å²) in [5, 5.41) is 10.7. The molecular weight excluding hydrogens is 318 g/mol. The number of carbonyl (C=O) groups is 1. The Morgan fingerprint density at radius 3 is 3.04 bits per heavy atom. The van der Waals surface area contributed by atoms with Gasteiger partial charge in [0.1, 0.15) is 6.10 Å². The van der Waals surface area contributed by atoms with Gasteiger partial charge in [-0.25, -0.2) is 0 Å². The summed E-state index contributed by atoms with van der Waals surface area (Å²) in [6.45, 7) is 5.01. The molecule has 1 aliphatic heterocycles. The minimum atomic E-state index is -0.225. The highest BCUT2D eigenvalue weighted by atomic mass is 16.5. The van der Waals surface area contributed by atoms with Gasteiger partial charge in [0.2, 0.25) is 5.95 Å². The van der Waals surface area contributed by atoms with Crippen molar-refractivity contribution in [2.24, 2.45) is 0 Å². The number of ether oxygens (including phenoxy) is 1. The summed E-state index contributed by atoms with van der Waals surface area (Å²) in [6, 6.07) is 8.08. The third-order valence-electron chi connectivity index (χ3n) is 4.50. The number of nitrogens with one attached hydrogen (secondary N) is 2. The van der Waals surface area contributed by atoms with Gasteiger partial charge in [0.15, 0.2) is 5.82 Å². The summed E-state index contributed by atoms with van der Waals surface area (Å²) in [5.41, 5.74) is 1.70. The first kappa shape index (κ1) is 15.8. The zero-order valence-corrected chi connectivity index (χ0v) is 14.3. The van der Waals surface area contributed by atoms with Crippen LogP contribution in [0.3, 0.4) is 0 Å². The van der Waals surface area contributed by atoms with Crippen LogP contribution in [0.5, 0.6) is 0 Å². The number of hydrogen-bond acceptors (Lipinski definition) is 4. The Morgan fingerprint density at radius 2 is 2.28 bits per heavy atom. The summed E-state index contributed by atoms with van der Waals surface area (Å²) in [5.74, 6) is 0.713. The number of benzene rings is 1. The number of H-pyrrole nitrogens is 1. The first-order chi connectivity index (χ1) is 12.1. The molecule has 7 heteroatoms. The molecule has 0 aliphatic carbocycles. The molecule has 1 saturated heterocycles. The Labute approximate surface area is 145 Å². The topological polar surface area (TPSA) is 84.8 Å². The van der Waals surface area contributed by atoms with Crippen molar-refractivity contribution in [1.82, 2.24) is 19.7 Å². The first-order valence-corrected chi connectivity index (χ1v) is 8.57. The van der Waals surface area contributed by atoms with E-state index in [4.69, 9.17) is 4.74 Å². The van der Waals surface area contributed by atoms with Crippen molar-refractivity contribution in [3.63, 3.8) is 0 Å². The van der Waals surface area contributed by atoms with Crippen LogP contribution in [0, 0.1) is 0 Å². The van der Waals surface area contributed by atoms with Crippen molar-refractivity contribution in [2.45, 2.75) is 38.8 Å².